The Balaban J connectivity index is 1.26. The Bertz CT molecular complexity index is 1110. The summed E-state index contributed by atoms with van der Waals surface area (Å²) < 4.78 is 12.5. The van der Waals surface area contributed by atoms with Crippen molar-refractivity contribution in [1.82, 2.24) is 15.2 Å². The van der Waals surface area contributed by atoms with E-state index in [-0.39, 0.29) is 22.5 Å². The Kier molecular flexibility index (Phi) is 5.79. The van der Waals surface area contributed by atoms with Crippen molar-refractivity contribution >= 4 is 17.0 Å². The van der Waals surface area contributed by atoms with Crippen molar-refractivity contribution in [1.29, 1.82) is 5.26 Å². The van der Waals surface area contributed by atoms with Gasteiger partial charge in [-0.15, -0.1) is 0 Å². The number of nitrogens with one attached hydrogen (secondary N) is 2. The van der Waals surface area contributed by atoms with Crippen molar-refractivity contribution in [2.75, 3.05) is 19.7 Å². The average Bonchev–Trinajstić information content (AvgIpc) is 3.02. The molecule has 0 radical (unpaired) electrons. The number of aromatic nitrogens is 1. The fourth-order valence-electron chi connectivity index (χ4n) is 6.17. The van der Waals surface area contributed by atoms with Crippen molar-refractivity contribution in [2.45, 2.75) is 68.9 Å². The molecule has 8 heteroatoms. The number of ether oxygens (including phenoxy) is 1. The van der Waals surface area contributed by atoms with Crippen LogP contribution in [0.25, 0.3) is 11.1 Å². The van der Waals surface area contributed by atoms with Crippen molar-refractivity contribution in [3.05, 3.63) is 34.3 Å². The standard InChI is InChI=1S/C25H32N4O4/c1-29-19-13-17(3-4-20(19)33-23(29)31)25-8-5-24(6-9-25,7-10-25)14-18(15-26)28-22(30)21-16-27-11-2-12-32-21/h3-4,13,18,21,27H,2,5-12,14,16H2,1H3,(H,28,30)/t18-,21-,24?,25?/m0/s1. The minimum Gasteiger partial charge on any atom is -0.408 e. The maximum absolute atomic E-state index is 12.7. The van der Waals surface area contributed by atoms with Gasteiger partial charge in [-0.2, -0.15) is 5.26 Å². The summed E-state index contributed by atoms with van der Waals surface area (Å²) in [6.45, 7) is 1.90. The molecule has 8 nitrogen and oxygen atoms in total. The predicted octanol–water partition coefficient (Wildman–Crippen LogP) is 2.50. The Morgan fingerprint density at radius 2 is 2.06 bits per heavy atom. The molecule has 2 bridgehead atoms. The first-order valence-electron chi connectivity index (χ1n) is 12.1. The number of hydrogen-bond acceptors (Lipinski definition) is 6. The highest BCUT2D eigenvalue weighted by atomic mass is 16.5. The number of rotatable bonds is 5. The van der Waals surface area contributed by atoms with Crippen LogP contribution in [0.3, 0.4) is 0 Å². The van der Waals surface area contributed by atoms with E-state index >= 15 is 0 Å². The number of nitriles is 1. The number of hydrogen-bond donors (Lipinski definition) is 2. The van der Waals surface area contributed by atoms with Crippen molar-refractivity contribution in [3.63, 3.8) is 0 Å². The Morgan fingerprint density at radius 1 is 1.30 bits per heavy atom. The molecule has 176 valence electrons. The zero-order valence-electron chi connectivity index (χ0n) is 19.2. The topological polar surface area (TPSA) is 109 Å². The van der Waals surface area contributed by atoms with E-state index in [0.29, 0.717) is 25.2 Å². The van der Waals surface area contributed by atoms with Crippen LogP contribution >= 0.6 is 0 Å². The first-order valence-corrected chi connectivity index (χ1v) is 12.1. The molecule has 3 saturated carbocycles. The Hall–Kier alpha value is -2.63. The molecule has 0 unspecified atom stereocenters. The number of nitrogens with zero attached hydrogens (tertiary/aromatic N) is 2. The van der Waals surface area contributed by atoms with Gasteiger partial charge in [0.1, 0.15) is 12.1 Å². The van der Waals surface area contributed by atoms with Gasteiger partial charge in [0, 0.05) is 20.2 Å². The summed E-state index contributed by atoms with van der Waals surface area (Å²) >= 11 is 0. The second-order valence-corrected chi connectivity index (χ2v) is 10.2. The molecule has 0 spiro atoms. The van der Waals surface area contributed by atoms with Crippen molar-refractivity contribution in [2.24, 2.45) is 12.5 Å². The van der Waals surface area contributed by atoms with Gasteiger partial charge in [-0.25, -0.2) is 4.79 Å². The molecule has 2 N–H and O–H groups in total. The molecule has 1 aliphatic heterocycles. The number of fused-ring (bicyclic) bond motifs is 4. The summed E-state index contributed by atoms with van der Waals surface area (Å²) in [7, 11) is 1.74. The van der Waals surface area contributed by atoms with Gasteiger partial charge in [-0.3, -0.25) is 9.36 Å². The highest BCUT2D eigenvalue weighted by Gasteiger charge is 2.50. The highest BCUT2D eigenvalue weighted by molar-refractivity contribution is 5.81. The fraction of sp³-hybridized carbons (Fsp3) is 0.640. The molecule has 6 rings (SSSR count). The number of oxazole rings is 1. The maximum atomic E-state index is 12.7. The molecule has 1 saturated heterocycles. The second kappa shape index (κ2) is 8.62. The lowest BCUT2D eigenvalue weighted by molar-refractivity contribution is -0.132. The van der Waals surface area contributed by atoms with E-state index in [4.69, 9.17) is 9.15 Å². The molecular formula is C25H32N4O4. The van der Waals surface area contributed by atoms with Gasteiger partial charge in [-0.1, -0.05) is 6.07 Å². The molecule has 2 atom stereocenters. The van der Waals surface area contributed by atoms with Crippen LogP contribution in [0.1, 0.15) is 56.9 Å². The first-order chi connectivity index (χ1) is 15.9. The summed E-state index contributed by atoms with van der Waals surface area (Å²) in [6.07, 6.45) is 7.38. The largest absolute Gasteiger partial charge is 0.419 e. The zero-order valence-corrected chi connectivity index (χ0v) is 19.2. The Morgan fingerprint density at radius 3 is 2.79 bits per heavy atom. The maximum Gasteiger partial charge on any atom is 0.419 e. The van der Waals surface area contributed by atoms with Crippen LogP contribution in [-0.2, 0) is 22.0 Å². The summed E-state index contributed by atoms with van der Waals surface area (Å²) in [5.41, 5.74) is 2.97. The predicted molar refractivity (Wildman–Crippen MR) is 123 cm³/mol. The van der Waals surface area contributed by atoms with Crippen molar-refractivity contribution in [3.8, 4) is 6.07 Å². The van der Waals surface area contributed by atoms with Gasteiger partial charge < -0.3 is 19.8 Å². The molecule has 1 aromatic carbocycles. The lowest BCUT2D eigenvalue weighted by Crippen LogP contribution is -2.50. The molecule has 1 amide bonds. The number of carbonyl (C=O) groups is 1. The van der Waals surface area contributed by atoms with Crippen LogP contribution in [0.4, 0.5) is 0 Å². The van der Waals surface area contributed by atoms with Crippen LogP contribution in [0.5, 0.6) is 0 Å². The lowest BCUT2D eigenvalue weighted by Gasteiger charge is -2.54. The molecule has 3 aliphatic carbocycles. The molecule has 2 aromatic rings. The number of benzene rings is 1. The third-order valence-corrected chi connectivity index (χ3v) is 8.35. The quantitative estimate of drug-likeness (QED) is 0.721. The molecule has 33 heavy (non-hydrogen) atoms. The molecule has 4 aliphatic rings. The van der Waals surface area contributed by atoms with Gasteiger partial charge in [0.15, 0.2) is 5.58 Å². The van der Waals surface area contributed by atoms with E-state index in [1.807, 2.05) is 6.07 Å². The third-order valence-electron chi connectivity index (χ3n) is 8.35. The third kappa shape index (κ3) is 4.09. The normalized spacial score (nSPS) is 30.5. The highest BCUT2D eigenvalue weighted by Crippen LogP contribution is 2.59. The van der Waals surface area contributed by atoms with E-state index in [9.17, 15) is 14.9 Å². The minimum atomic E-state index is -0.528. The summed E-state index contributed by atoms with van der Waals surface area (Å²) in [5, 5.41) is 15.9. The molecule has 2 heterocycles. The zero-order chi connectivity index (χ0) is 23.1. The smallest absolute Gasteiger partial charge is 0.408 e. The summed E-state index contributed by atoms with van der Waals surface area (Å²) in [4.78, 5) is 24.6. The van der Waals surface area contributed by atoms with Crippen LogP contribution in [0.15, 0.2) is 27.4 Å². The lowest BCUT2D eigenvalue weighted by atomic mass is 9.50. The van der Waals surface area contributed by atoms with Gasteiger partial charge >= 0.3 is 5.76 Å². The van der Waals surface area contributed by atoms with E-state index in [1.54, 1.807) is 11.6 Å². The SMILES string of the molecule is Cn1c(=O)oc2ccc(C34CCC(C[C@@H](C#N)NC(=O)[C@@H]5CNCCCO5)(CC3)CC4)cc21. The molecule has 1 aromatic heterocycles. The molecular weight excluding hydrogens is 420 g/mol. The van der Waals surface area contributed by atoms with Gasteiger partial charge in [0.05, 0.1) is 11.6 Å². The fourth-order valence-corrected chi connectivity index (χ4v) is 6.17. The van der Waals surface area contributed by atoms with Gasteiger partial charge in [0.25, 0.3) is 5.91 Å². The minimum absolute atomic E-state index is 0.102. The number of carbonyl (C=O) groups excluding carboxylic acids is 1. The number of amides is 1. The summed E-state index contributed by atoms with van der Waals surface area (Å²) in [5.74, 6) is -0.520. The van der Waals surface area contributed by atoms with E-state index < -0.39 is 12.1 Å². The van der Waals surface area contributed by atoms with Crippen LogP contribution < -0.4 is 16.4 Å². The van der Waals surface area contributed by atoms with Crippen LogP contribution in [0.2, 0.25) is 0 Å². The first kappa shape index (κ1) is 22.2. The summed E-state index contributed by atoms with van der Waals surface area (Å²) in [6, 6.07) is 7.99. The monoisotopic (exact) mass is 452 g/mol. The average molecular weight is 453 g/mol. The van der Waals surface area contributed by atoms with Crippen LogP contribution in [-0.4, -0.2) is 42.3 Å². The van der Waals surface area contributed by atoms with Gasteiger partial charge in [-0.05, 0) is 86.4 Å². The van der Waals surface area contributed by atoms with E-state index in [1.165, 1.54) is 5.56 Å². The number of aryl methyl sites for hydroxylation is 1. The Labute approximate surface area is 193 Å². The second-order valence-electron chi connectivity index (χ2n) is 10.2. The molecule has 4 fully saturated rings. The van der Waals surface area contributed by atoms with E-state index in [2.05, 4.69) is 28.8 Å². The van der Waals surface area contributed by atoms with Crippen molar-refractivity contribution < 1.29 is 13.9 Å². The van der Waals surface area contributed by atoms with E-state index in [0.717, 1.165) is 57.0 Å². The van der Waals surface area contributed by atoms with Gasteiger partial charge in [0.2, 0.25) is 0 Å². The van der Waals surface area contributed by atoms with Crippen LogP contribution in [0, 0.1) is 16.7 Å².